The Morgan fingerprint density at radius 2 is 1.57 bits per heavy atom. The van der Waals surface area contributed by atoms with Gasteiger partial charge in [0.2, 0.25) is 0 Å². The van der Waals surface area contributed by atoms with Gasteiger partial charge in [-0.1, -0.05) is 76.1 Å². The zero-order valence-electron chi connectivity index (χ0n) is 13.7. The number of unbranched alkanes of at least 4 members (excludes halogenated alkanes) is 7. The third kappa shape index (κ3) is 5.65. The van der Waals surface area contributed by atoms with E-state index in [0.29, 0.717) is 0 Å². The molecule has 2 rings (SSSR count). The molecule has 0 spiro atoms. The maximum atomic E-state index is 4.89. The molecule has 1 nitrogen and oxygen atoms in total. The molecule has 21 heavy (non-hydrogen) atoms. The molecule has 0 heterocycles. The molecule has 0 radical (unpaired) electrons. The lowest BCUT2D eigenvalue weighted by Crippen LogP contribution is -2.12. The Kier molecular flexibility index (Phi) is 7.56. The molecule has 116 valence electrons. The minimum atomic E-state index is 1.03. The minimum Gasteiger partial charge on any atom is -0.289 e. The Morgan fingerprint density at radius 3 is 2.38 bits per heavy atom. The van der Waals surface area contributed by atoms with Crippen molar-refractivity contribution in [2.75, 3.05) is 6.54 Å². The van der Waals surface area contributed by atoms with Crippen LogP contribution in [0.1, 0.15) is 82.3 Å². The van der Waals surface area contributed by atoms with Crippen LogP contribution in [0, 0.1) is 0 Å². The number of aryl methyl sites for hydroxylation is 1. The summed E-state index contributed by atoms with van der Waals surface area (Å²) in [5, 5.41) is 0. The quantitative estimate of drug-likeness (QED) is 0.497. The second kappa shape index (κ2) is 9.76. The molecular formula is C20H31N. The van der Waals surface area contributed by atoms with E-state index < -0.39 is 0 Å². The summed E-state index contributed by atoms with van der Waals surface area (Å²) >= 11 is 0. The summed E-state index contributed by atoms with van der Waals surface area (Å²) in [5.41, 5.74) is 4.28. The van der Waals surface area contributed by atoms with Crippen molar-refractivity contribution < 1.29 is 0 Å². The zero-order chi connectivity index (χ0) is 14.8. The minimum absolute atomic E-state index is 1.03. The van der Waals surface area contributed by atoms with E-state index in [1.54, 1.807) is 0 Å². The molecule has 1 aromatic carbocycles. The highest BCUT2D eigenvalue weighted by atomic mass is 14.7. The third-order valence-electron chi connectivity index (χ3n) is 4.50. The van der Waals surface area contributed by atoms with Crippen LogP contribution < -0.4 is 0 Å². The van der Waals surface area contributed by atoms with Gasteiger partial charge in [0.05, 0.1) is 0 Å². The number of nitrogens with zero attached hydrogens (tertiary/aromatic N) is 1. The van der Waals surface area contributed by atoms with Crippen molar-refractivity contribution in [2.24, 2.45) is 4.99 Å². The molecule has 0 saturated carbocycles. The Labute approximate surface area is 130 Å². The number of fused-ring (bicyclic) bond motifs is 1. The van der Waals surface area contributed by atoms with Crippen LogP contribution in [-0.2, 0) is 6.42 Å². The lowest BCUT2D eigenvalue weighted by Gasteiger charge is -2.17. The second-order valence-corrected chi connectivity index (χ2v) is 6.31. The highest BCUT2D eigenvalue weighted by molar-refractivity contribution is 6.02. The van der Waals surface area contributed by atoms with Crippen molar-refractivity contribution in [1.29, 1.82) is 0 Å². The molecule has 0 aliphatic heterocycles. The summed E-state index contributed by atoms with van der Waals surface area (Å²) in [5.74, 6) is 0. The first kappa shape index (κ1) is 16.3. The predicted molar refractivity (Wildman–Crippen MR) is 93.4 cm³/mol. The molecule has 0 saturated heterocycles. The van der Waals surface area contributed by atoms with E-state index in [9.17, 15) is 0 Å². The van der Waals surface area contributed by atoms with Crippen molar-refractivity contribution in [3.05, 3.63) is 35.4 Å². The van der Waals surface area contributed by atoms with E-state index in [1.807, 2.05) is 0 Å². The van der Waals surface area contributed by atoms with Gasteiger partial charge in [-0.3, -0.25) is 4.99 Å². The number of aliphatic imine (C=N–C) groups is 1. The molecule has 0 atom stereocenters. The SMILES string of the molecule is CCCCCCCCCCN=C1CCCc2ccccc21. The smallest absolute Gasteiger partial charge is 0.0423 e. The number of benzene rings is 1. The van der Waals surface area contributed by atoms with Gasteiger partial charge in [-0.25, -0.2) is 0 Å². The first-order chi connectivity index (χ1) is 10.4. The van der Waals surface area contributed by atoms with E-state index in [-0.39, 0.29) is 0 Å². The van der Waals surface area contributed by atoms with Crippen molar-refractivity contribution in [2.45, 2.75) is 77.6 Å². The summed E-state index contributed by atoms with van der Waals surface area (Å²) in [6.45, 7) is 3.31. The van der Waals surface area contributed by atoms with Gasteiger partial charge in [0.15, 0.2) is 0 Å². The monoisotopic (exact) mass is 285 g/mol. The molecule has 0 unspecified atom stereocenters. The fraction of sp³-hybridized carbons (Fsp3) is 0.650. The molecule has 1 heteroatoms. The van der Waals surface area contributed by atoms with Gasteiger partial charge in [0.25, 0.3) is 0 Å². The fourth-order valence-electron chi connectivity index (χ4n) is 3.22. The fourth-order valence-corrected chi connectivity index (χ4v) is 3.22. The van der Waals surface area contributed by atoms with E-state index in [4.69, 9.17) is 4.99 Å². The molecule has 0 bridgehead atoms. The van der Waals surface area contributed by atoms with E-state index in [2.05, 4.69) is 31.2 Å². The summed E-state index contributed by atoms with van der Waals surface area (Å²) in [4.78, 5) is 4.89. The van der Waals surface area contributed by atoms with Crippen molar-refractivity contribution in [3.8, 4) is 0 Å². The van der Waals surface area contributed by atoms with Gasteiger partial charge >= 0.3 is 0 Å². The van der Waals surface area contributed by atoms with Crippen LogP contribution in [0.4, 0.5) is 0 Å². The molecular weight excluding hydrogens is 254 g/mol. The largest absolute Gasteiger partial charge is 0.289 e. The molecule has 0 aromatic heterocycles. The molecule has 1 aromatic rings. The van der Waals surface area contributed by atoms with Crippen molar-refractivity contribution in [1.82, 2.24) is 0 Å². The maximum absolute atomic E-state index is 4.89. The van der Waals surface area contributed by atoms with Gasteiger partial charge in [-0.05, 0) is 36.8 Å². The Hall–Kier alpha value is -1.11. The summed E-state index contributed by atoms with van der Waals surface area (Å²) in [6.07, 6.45) is 14.7. The second-order valence-electron chi connectivity index (χ2n) is 6.31. The zero-order valence-corrected chi connectivity index (χ0v) is 13.7. The summed E-state index contributed by atoms with van der Waals surface area (Å²) < 4.78 is 0. The molecule has 0 amide bonds. The van der Waals surface area contributed by atoms with Gasteiger partial charge in [-0.15, -0.1) is 0 Å². The molecule has 1 aliphatic rings. The van der Waals surface area contributed by atoms with E-state index in [1.165, 1.54) is 87.5 Å². The molecule has 1 aliphatic carbocycles. The Morgan fingerprint density at radius 1 is 0.857 bits per heavy atom. The summed E-state index contributed by atoms with van der Waals surface area (Å²) in [6, 6.07) is 8.82. The first-order valence-electron chi connectivity index (χ1n) is 9.03. The Balaban J connectivity index is 1.64. The van der Waals surface area contributed by atoms with Gasteiger partial charge in [-0.2, -0.15) is 0 Å². The van der Waals surface area contributed by atoms with Crippen LogP contribution in [0.15, 0.2) is 29.3 Å². The van der Waals surface area contributed by atoms with Crippen LogP contribution in [0.25, 0.3) is 0 Å². The number of rotatable bonds is 9. The standard InChI is InChI=1S/C20H31N/c1-2-3-4-5-6-7-8-11-17-21-20-16-12-14-18-13-9-10-15-19(18)20/h9-10,13,15H,2-8,11-12,14,16-17H2,1H3. The summed E-state index contributed by atoms with van der Waals surface area (Å²) in [7, 11) is 0. The number of hydrogen-bond donors (Lipinski definition) is 0. The van der Waals surface area contributed by atoms with Crippen molar-refractivity contribution in [3.63, 3.8) is 0 Å². The van der Waals surface area contributed by atoms with Crippen molar-refractivity contribution >= 4 is 5.71 Å². The van der Waals surface area contributed by atoms with Crippen LogP contribution in [0.5, 0.6) is 0 Å². The normalized spacial score (nSPS) is 16.1. The Bertz CT molecular complexity index is 433. The molecule has 0 fully saturated rings. The average Bonchev–Trinajstić information content (AvgIpc) is 2.53. The molecule has 0 N–H and O–H groups in total. The number of hydrogen-bond acceptors (Lipinski definition) is 1. The lowest BCUT2D eigenvalue weighted by molar-refractivity contribution is 0.578. The lowest BCUT2D eigenvalue weighted by atomic mass is 9.90. The topological polar surface area (TPSA) is 12.4 Å². The van der Waals surface area contributed by atoms with Gasteiger partial charge < -0.3 is 0 Å². The van der Waals surface area contributed by atoms with Crippen LogP contribution in [0.3, 0.4) is 0 Å². The van der Waals surface area contributed by atoms with Crippen LogP contribution >= 0.6 is 0 Å². The average molecular weight is 285 g/mol. The van der Waals surface area contributed by atoms with Crippen LogP contribution in [0.2, 0.25) is 0 Å². The maximum Gasteiger partial charge on any atom is 0.0423 e. The van der Waals surface area contributed by atoms with Gasteiger partial charge in [0, 0.05) is 12.3 Å². The third-order valence-corrected chi connectivity index (χ3v) is 4.50. The van der Waals surface area contributed by atoms with Crippen LogP contribution in [-0.4, -0.2) is 12.3 Å². The van der Waals surface area contributed by atoms with E-state index >= 15 is 0 Å². The highest BCUT2D eigenvalue weighted by Crippen LogP contribution is 2.21. The predicted octanol–water partition coefficient (Wildman–Crippen LogP) is 5.95. The first-order valence-corrected chi connectivity index (χ1v) is 9.03. The van der Waals surface area contributed by atoms with Gasteiger partial charge in [0.1, 0.15) is 0 Å². The van der Waals surface area contributed by atoms with E-state index in [0.717, 1.165) is 6.54 Å². The highest BCUT2D eigenvalue weighted by Gasteiger charge is 2.13.